The van der Waals surface area contributed by atoms with Crippen molar-refractivity contribution in [1.82, 2.24) is 0 Å². The Balaban J connectivity index is 1.26. The molecule has 39 heavy (non-hydrogen) atoms. The fourth-order valence-corrected chi connectivity index (χ4v) is 7.55. The van der Waals surface area contributed by atoms with Crippen LogP contribution in [0.25, 0.3) is 0 Å². The second-order valence-corrected chi connectivity index (χ2v) is 13.8. The topological polar surface area (TPSA) is 9.23 Å². The lowest BCUT2D eigenvalue weighted by Crippen LogP contribution is -2.20. The Bertz CT molecular complexity index is 722. The molecular formula is C38H66O. The van der Waals surface area contributed by atoms with Crippen LogP contribution in [0.5, 0.6) is 5.75 Å². The van der Waals surface area contributed by atoms with E-state index in [0.717, 1.165) is 36.0 Å². The third-order valence-electron chi connectivity index (χ3n) is 10.4. The number of hydrogen-bond donors (Lipinski definition) is 0. The Labute approximate surface area is 244 Å². The van der Waals surface area contributed by atoms with Gasteiger partial charge in [0.25, 0.3) is 0 Å². The Morgan fingerprint density at radius 2 is 1.03 bits per heavy atom. The van der Waals surface area contributed by atoms with Crippen LogP contribution in [0.2, 0.25) is 0 Å². The van der Waals surface area contributed by atoms with Gasteiger partial charge in [0.1, 0.15) is 5.75 Å². The van der Waals surface area contributed by atoms with E-state index in [0.29, 0.717) is 0 Å². The highest BCUT2D eigenvalue weighted by molar-refractivity contribution is 5.37. The maximum Gasteiger partial charge on any atom is 0.122 e. The van der Waals surface area contributed by atoms with Gasteiger partial charge >= 0.3 is 0 Å². The number of ether oxygens (including phenoxy) is 1. The van der Waals surface area contributed by atoms with Gasteiger partial charge in [0.05, 0.1) is 6.61 Å². The van der Waals surface area contributed by atoms with Crippen molar-refractivity contribution in [3.05, 3.63) is 29.3 Å². The second-order valence-electron chi connectivity index (χ2n) is 13.8. The minimum absolute atomic E-state index is 0.765. The summed E-state index contributed by atoms with van der Waals surface area (Å²) in [4.78, 5) is 0. The molecule has 2 aliphatic rings. The van der Waals surface area contributed by atoms with Crippen LogP contribution in [0, 0.1) is 24.7 Å². The third kappa shape index (κ3) is 13.0. The van der Waals surface area contributed by atoms with Crippen LogP contribution in [-0.4, -0.2) is 6.61 Å². The predicted molar refractivity (Wildman–Crippen MR) is 172 cm³/mol. The van der Waals surface area contributed by atoms with Crippen molar-refractivity contribution < 1.29 is 4.74 Å². The highest BCUT2D eigenvalue weighted by Crippen LogP contribution is 2.39. The molecule has 0 aliphatic heterocycles. The molecule has 1 aromatic carbocycles. The standard InChI is InChI=1S/C38H66O/c1-4-6-8-10-12-14-16-18-33-20-22-35(23-21-33)31-39-38-29-28-37(30-32(38)3)36-26-24-34(25-27-36)19-17-15-13-11-9-7-5-2/h28-30,33-36H,4-27,31H2,1-3H3. The summed E-state index contributed by atoms with van der Waals surface area (Å²) in [5.74, 6) is 4.65. The van der Waals surface area contributed by atoms with Crippen LogP contribution in [-0.2, 0) is 0 Å². The van der Waals surface area contributed by atoms with E-state index in [1.165, 1.54) is 160 Å². The van der Waals surface area contributed by atoms with Crippen molar-refractivity contribution in [1.29, 1.82) is 0 Å². The molecule has 0 atom stereocenters. The third-order valence-corrected chi connectivity index (χ3v) is 10.4. The van der Waals surface area contributed by atoms with Crippen LogP contribution in [0.1, 0.15) is 185 Å². The van der Waals surface area contributed by atoms with Gasteiger partial charge < -0.3 is 4.74 Å². The maximum absolute atomic E-state index is 6.40. The molecule has 3 rings (SSSR count). The van der Waals surface area contributed by atoms with Gasteiger partial charge in [-0.1, -0.05) is 142 Å². The van der Waals surface area contributed by atoms with Gasteiger partial charge in [-0.05, 0) is 86.3 Å². The average molecular weight is 539 g/mol. The molecule has 1 nitrogen and oxygen atoms in total. The SMILES string of the molecule is CCCCCCCCCC1CCC(COc2ccc(C3CCC(CCCCCCCCC)CC3)cc2C)CC1. The summed E-state index contributed by atoms with van der Waals surface area (Å²) >= 11 is 0. The van der Waals surface area contributed by atoms with Crippen molar-refractivity contribution in [2.24, 2.45) is 17.8 Å². The molecule has 1 aromatic rings. The number of hydrogen-bond acceptors (Lipinski definition) is 1. The Morgan fingerprint density at radius 1 is 0.564 bits per heavy atom. The minimum atomic E-state index is 0.765. The summed E-state index contributed by atoms with van der Waals surface area (Å²) in [7, 11) is 0. The molecule has 0 amide bonds. The fourth-order valence-electron chi connectivity index (χ4n) is 7.55. The first-order chi connectivity index (χ1) is 19.2. The van der Waals surface area contributed by atoms with Gasteiger partial charge in [-0.3, -0.25) is 0 Å². The van der Waals surface area contributed by atoms with Crippen molar-refractivity contribution in [3.8, 4) is 5.75 Å². The van der Waals surface area contributed by atoms with Crippen molar-refractivity contribution >= 4 is 0 Å². The molecule has 224 valence electrons. The molecule has 0 bridgehead atoms. The molecule has 0 aromatic heterocycles. The van der Waals surface area contributed by atoms with E-state index in [-0.39, 0.29) is 0 Å². The zero-order valence-electron chi connectivity index (χ0n) is 26.6. The van der Waals surface area contributed by atoms with E-state index in [9.17, 15) is 0 Å². The minimum Gasteiger partial charge on any atom is -0.493 e. The number of aryl methyl sites for hydroxylation is 1. The van der Waals surface area contributed by atoms with Gasteiger partial charge in [-0.25, -0.2) is 0 Å². The average Bonchev–Trinajstić information content (AvgIpc) is 2.96. The highest BCUT2D eigenvalue weighted by Gasteiger charge is 2.24. The number of rotatable bonds is 20. The Kier molecular flexibility index (Phi) is 16.7. The smallest absolute Gasteiger partial charge is 0.122 e. The zero-order chi connectivity index (χ0) is 27.5. The van der Waals surface area contributed by atoms with Crippen molar-refractivity contribution in [2.45, 2.75) is 181 Å². The highest BCUT2D eigenvalue weighted by atomic mass is 16.5. The van der Waals surface area contributed by atoms with E-state index < -0.39 is 0 Å². The first kappa shape index (κ1) is 32.5. The molecule has 2 saturated carbocycles. The first-order valence-electron chi connectivity index (χ1n) is 17.9. The van der Waals surface area contributed by atoms with Gasteiger partial charge in [0, 0.05) is 0 Å². The summed E-state index contributed by atoms with van der Waals surface area (Å²) in [6.45, 7) is 7.81. The summed E-state index contributed by atoms with van der Waals surface area (Å²) in [5, 5.41) is 0. The van der Waals surface area contributed by atoms with E-state index in [2.05, 4.69) is 39.0 Å². The molecule has 1 heteroatoms. The lowest BCUT2D eigenvalue weighted by Gasteiger charge is -2.30. The van der Waals surface area contributed by atoms with Gasteiger partial charge in [-0.15, -0.1) is 0 Å². The Morgan fingerprint density at radius 3 is 1.54 bits per heavy atom. The van der Waals surface area contributed by atoms with Crippen molar-refractivity contribution in [3.63, 3.8) is 0 Å². The normalized spacial score (nSPS) is 23.7. The van der Waals surface area contributed by atoms with Crippen LogP contribution in [0.4, 0.5) is 0 Å². The summed E-state index contributed by atoms with van der Waals surface area (Å²) < 4.78 is 6.40. The second kappa shape index (κ2) is 20.0. The lowest BCUT2D eigenvalue weighted by atomic mass is 9.77. The van der Waals surface area contributed by atoms with Gasteiger partial charge in [0.2, 0.25) is 0 Å². The molecule has 0 N–H and O–H groups in total. The van der Waals surface area contributed by atoms with Crippen LogP contribution in [0.15, 0.2) is 18.2 Å². The van der Waals surface area contributed by atoms with E-state index in [1.807, 2.05) is 0 Å². The van der Waals surface area contributed by atoms with E-state index in [4.69, 9.17) is 4.74 Å². The monoisotopic (exact) mass is 539 g/mol. The maximum atomic E-state index is 6.40. The van der Waals surface area contributed by atoms with Crippen LogP contribution < -0.4 is 4.74 Å². The van der Waals surface area contributed by atoms with E-state index in [1.54, 1.807) is 5.56 Å². The first-order valence-corrected chi connectivity index (χ1v) is 17.9. The van der Waals surface area contributed by atoms with Gasteiger partial charge in [-0.2, -0.15) is 0 Å². The molecule has 0 unspecified atom stereocenters. The molecule has 0 saturated heterocycles. The summed E-state index contributed by atoms with van der Waals surface area (Å²) in [6.07, 6.45) is 34.4. The summed E-state index contributed by atoms with van der Waals surface area (Å²) in [5.41, 5.74) is 2.92. The van der Waals surface area contributed by atoms with Crippen molar-refractivity contribution in [2.75, 3.05) is 6.61 Å². The molecule has 0 spiro atoms. The summed E-state index contributed by atoms with van der Waals surface area (Å²) in [6, 6.07) is 7.14. The predicted octanol–water partition coefficient (Wildman–Crippen LogP) is 12.7. The molecular weight excluding hydrogens is 472 g/mol. The zero-order valence-corrected chi connectivity index (χ0v) is 26.6. The molecule has 0 heterocycles. The van der Waals surface area contributed by atoms with Crippen LogP contribution in [0.3, 0.4) is 0 Å². The fraction of sp³-hybridized carbons (Fsp3) is 0.842. The number of unbranched alkanes of at least 4 members (excludes halogenated alkanes) is 12. The van der Waals surface area contributed by atoms with E-state index >= 15 is 0 Å². The quantitative estimate of drug-likeness (QED) is 0.150. The Hall–Kier alpha value is -0.980. The largest absolute Gasteiger partial charge is 0.493 e. The molecule has 2 aliphatic carbocycles. The number of benzene rings is 1. The lowest BCUT2D eigenvalue weighted by molar-refractivity contribution is 0.177. The molecule has 2 fully saturated rings. The van der Waals surface area contributed by atoms with Gasteiger partial charge in [0.15, 0.2) is 0 Å². The molecule has 0 radical (unpaired) electrons. The van der Waals surface area contributed by atoms with Crippen LogP contribution >= 0.6 is 0 Å².